The van der Waals surface area contributed by atoms with Gasteiger partial charge in [-0.15, -0.1) is 11.3 Å². The van der Waals surface area contributed by atoms with Crippen LogP contribution in [0.3, 0.4) is 0 Å². The molecule has 0 amide bonds. The van der Waals surface area contributed by atoms with E-state index in [0.29, 0.717) is 0 Å². The number of rotatable bonds is 3. The Hall–Kier alpha value is -0.940. The monoisotopic (exact) mass is 282 g/mol. The quantitative estimate of drug-likeness (QED) is 0.894. The fraction of sp³-hybridized carbons (Fsp3) is 0.714. The number of nitrogens with one attached hydrogen (secondary N) is 1. The molecule has 2 unspecified atom stereocenters. The molecule has 1 fully saturated rings. The van der Waals surface area contributed by atoms with Gasteiger partial charge in [0, 0.05) is 23.3 Å². The number of carbonyl (C=O) groups is 1. The van der Waals surface area contributed by atoms with Crippen molar-refractivity contribution in [2.75, 3.05) is 0 Å². The smallest absolute Gasteiger partial charge is 0.320 e. The molecule has 0 aliphatic carbocycles. The fourth-order valence-electron chi connectivity index (χ4n) is 2.34. The molecule has 0 saturated carbocycles. The zero-order valence-corrected chi connectivity index (χ0v) is 12.6. The largest absolute Gasteiger partial charge is 0.480 e. The standard InChI is InChI=1S/C14H22N2O2S/c1-14(2,3)11-8-19-12(16-11)7-9-5-4-6-10(15-9)13(17)18/h8-10,15H,4-7H2,1-3H3,(H,17,18). The molecule has 2 atom stereocenters. The lowest BCUT2D eigenvalue weighted by molar-refractivity contribution is -0.140. The van der Waals surface area contributed by atoms with Crippen LogP contribution in [-0.2, 0) is 16.6 Å². The molecule has 2 heterocycles. The minimum atomic E-state index is -0.737. The lowest BCUT2D eigenvalue weighted by atomic mass is 9.93. The molecule has 0 aromatic carbocycles. The van der Waals surface area contributed by atoms with Crippen molar-refractivity contribution in [2.45, 2.75) is 64.0 Å². The van der Waals surface area contributed by atoms with Crippen LogP contribution in [-0.4, -0.2) is 28.1 Å². The first-order valence-corrected chi connectivity index (χ1v) is 7.68. The summed E-state index contributed by atoms with van der Waals surface area (Å²) in [7, 11) is 0. The van der Waals surface area contributed by atoms with Crippen molar-refractivity contribution < 1.29 is 9.90 Å². The van der Waals surface area contributed by atoms with E-state index >= 15 is 0 Å². The van der Waals surface area contributed by atoms with Gasteiger partial charge in [-0.2, -0.15) is 0 Å². The van der Waals surface area contributed by atoms with Crippen LogP contribution in [0.1, 0.15) is 50.7 Å². The van der Waals surface area contributed by atoms with Crippen molar-refractivity contribution >= 4 is 17.3 Å². The van der Waals surface area contributed by atoms with E-state index in [9.17, 15) is 4.79 Å². The highest BCUT2D eigenvalue weighted by Crippen LogP contribution is 2.25. The summed E-state index contributed by atoms with van der Waals surface area (Å²) in [6.07, 6.45) is 3.59. The highest BCUT2D eigenvalue weighted by molar-refractivity contribution is 7.09. The van der Waals surface area contributed by atoms with Crippen LogP contribution in [0.4, 0.5) is 0 Å². The molecule has 19 heavy (non-hydrogen) atoms. The van der Waals surface area contributed by atoms with Gasteiger partial charge in [-0.05, 0) is 19.3 Å². The number of hydrogen-bond acceptors (Lipinski definition) is 4. The van der Waals surface area contributed by atoms with Crippen LogP contribution in [0.5, 0.6) is 0 Å². The third-order valence-electron chi connectivity index (χ3n) is 3.52. The SMILES string of the molecule is CC(C)(C)c1csc(CC2CCCC(C(=O)O)N2)n1. The molecule has 0 spiro atoms. The molecule has 1 aromatic rings. The summed E-state index contributed by atoms with van der Waals surface area (Å²) >= 11 is 1.68. The average molecular weight is 282 g/mol. The molecule has 1 aliphatic rings. The maximum absolute atomic E-state index is 11.0. The maximum Gasteiger partial charge on any atom is 0.320 e. The van der Waals surface area contributed by atoms with E-state index < -0.39 is 5.97 Å². The third kappa shape index (κ3) is 3.76. The number of thiazole rings is 1. The number of nitrogens with zero attached hydrogens (tertiary/aromatic N) is 1. The Morgan fingerprint density at radius 2 is 2.26 bits per heavy atom. The molecule has 4 nitrogen and oxygen atoms in total. The molecule has 106 valence electrons. The lowest BCUT2D eigenvalue weighted by Gasteiger charge is -2.28. The summed E-state index contributed by atoms with van der Waals surface area (Å²) in [5, 5.41) is 15.5. The summed E-state index contributed by atoms with van der Waals surface area (Å²) in [6.45, 7) is 6.47. The summed E-state index contributed by atoms with van der Waals surface area (Å²) in [6, 6.07) is -0.144. The average Bonchev–Trinajstić information content (AvgIpc) is 2.77. The van der Waals surface area contributed by atoms with Gasteiger partial charge in [0.25, 0.3) is 0 Å². The van der Waals surface area contributed by atoms with Gasteiger partial charge in [-0.3, -0.25) is 4.79 Å². The van der Waals surface area contributed by atoms with Crippen molar-refractivity contribution in [1.29, 1.82) is 0 Å². The normalized spacial score (nSPS) is 24.4. The second kappa shape index (κ2) is 5.59. The zero-order chi connectivity index (χ0) is 14.0. The topological polar surface area (TPSA) is 62.2 Å². The van der Waals surface area contributed by atoms with E-state index in [2.05, 4.69) is 36.5 Å². The van der Waals surface area contributed by atoms with Gasteiger partial charge in [0.15, 0.2) is 0 Å². The van der Waals surface area contributed by atoms with Crippen LogP contribution in [0.15, 0.2) is 5.38 Å². The van der Waals surface area contributed by atoms with Crippen LogP contribution in [0, 0.1) is 0 Å². The second-order valence-electron chi connectivity index (χ2n) is 6.27. The number of aliphatic carboxylic acids is 1. The Kier molecular flexibility index (Phi) is 4.26. The molecule has 1 aliphatic heterocycles. The minimum absolute atomic E-state index is 0.0817. The third-order valence-corrected chi connectivity index (χ3v) is 4.39. The zero-order valence-electron chi connectivity index (χ0n) is 11.8. The molecule has 5 heteroatoms. The van der Waals surface area contributed by atoms with Crippen LogP contribution in [0.25, 0.3) is 0 Å². The van der Waals surface area contributed by atoms with Gasteiger partial charge in [0.1, 0.15) is 6.04 Å². The number of carboxylic acids is 1. The highest BCUT2D eigenvalue weighted by atomic mass is 32.1. The van der Waals surface area contributed by atoms with Gasteiger partial charge in [-0.1, -0.05) is 20.8 Å². The van der Waals surface area contributed by atoms with E-state index in [1.807, 2.05) is 0 Å². The van der Waals surface area contributed by atoms with E-state index in [-0.39, 0.29) is 17.5 Å². The molecule has 2 N–H and O–H groups in total. The van der Waals surface area contributed by atoms with Crippen LogP contribution >= 0.6 is 11.3 Å². The highest BCUT2D eigenvalue weighted by Gasteiger charge is 2.27. The molecular formula is C14H22N2O2S. The molecular weight excluding hydrogens is 260 g/mol. The Labute approximate surface area is 118 Å². The molecule has 0 bridgehead atoms. The Balaban J connectivity index is 1.97. The number of aromatic nitrogens is 1. The summed E-state index contributed by atoms with van der Waals surface area (Å²) in [5.41, 5.74) is 1.20. The molecule has 2 rings (SSSR count). The van der Waals surface area contributed by atoms with E-state index in [1.165, 1.54) is 0 Å². The van der Waals surface area contributed by atoms with Gasteiger partial charge in [-0.25, -0.2) is 4.98 Å². The molecule has 0 radical (unpaired) electrons. The van der Waals surface area contributed by atoms with Gasteiger partial charge >= 0.3 is 5.97 Å². The van der Waals surface area contributed by atoms with Crippen molar-refractivity contribution in [2.24, 2.45) is 0 Å². The first kappa shape index (κ1) is 14.5. The Morgan fingerprint density at radius 3 is 2.84 bits per heavy atom. The second-order valence-corrected chi connectivity index (χ2v) is 7.21. The number of carboxylic acid groups (broad SMARTS) is 1. The summed E-state index contributed by atoms with van der Waals surface area (Å²) in [4.78, 5) is 15.7. The lowest BCUT2D eigenvalue weighted by Crippen LogP contribution is -2.47. The Bertz CT molecular complexity index is 451. The predicted octanol–water partition coefficient (Wildman–Crippen LogP) is 2.58. The first-order valence-electron chi connectivity index (χ1n) is 6.80. The number of piperidine rings is 1. The van der Waals surface area contributed by atoms with Crippen LogP contribution in [0.2, 0.25) is 0 Å². The fourth-order valence-corrected chi connectivity index (χ4v) is 3.44. The first-order chi connectivity index (χ1) is 8.86. The maximum atomic E-state index is 11.0. The van der Waals surface area contributed by atoms with E-state index in [0.717, 1.165) is 36.4 Å². The summed E-state index contributed by atoms with van der Waals surface area (Å²) in [5.74, 6) is -0.737. The minimum Gasteiger partial charge on any atom is -0.480 e. The number of hydrogen-bond donors (Lipinski definition) is 2. The molecule has 1 saturated heterocycles. The van der Waals surface area contributed by atoms with Gasteiger partial charge < -0.3 is 10.4 Å². The van der Waals surface area contributed by atoms with Crippen molar-refractivity contribution in [3.8, 4) is 0 Å². The van der Waals surface area contributed by atoms with E-state index in [1.54, 1.807) is 11.3 Å². The van der Waals surface area contributed by atoms with Gasteiger partial charge in [0.05, 0.1) is 10.7 Å². The van der Waals surface area contributed by atoms with Crippen molar-refractivity contribution in [3.05, 3.63) is 16.1 Å². The van der Waals surface area contributed by atoms with Crippen LogP contribution < -0.4 is 5.32 Å². The van der Waals surface area contributed by atoms with Crippen molar-refractivity contribution in [1.82, 2.24) is 10.3 Å². The van der Waals surface area contributed by atoms with Gasteiger partial charge in [0.2, 0.25) is 0 Å². The predicted molar refractivity (Wildman–Crippen MR) is 76.7 cm³/mol. The Morgan fingerprint density at radius 1 is 1.53 bits per heavy atom. The van der Waals surface area contributed by atoms with Crippen molar-refractivity contribution in [3.63, 3.8) is 0 Å². The van der Waals surface area contributed by atoms with E-state index in [4.69, 9.17) is 5.11 Å². The summed E-state index contributed by atoms with van der Waals surface area (Å²) < 4.78 is 0. The molecule has 1 aromatic heterocycles.